The Morgan fingerprint density at radius 3 is 2.67 bits per heavy atom. The van der Waals surface area contributed by atoms with Crippen molar-refractivity contribution in [3.8, 4) is 5.75 Å². The third-order valence-electron chi connectivity index (χ3n) is 2.92. The van der Waals surface area contributed by atoms with Crippen molar-refractivity contribution in [3.05, 3.63) is 28.8 Å². The lowest BCUT2D eigenvalue weighted by atomic mass is 10.0. The zero-order valence-corrected chi connectivity index (χ0v) is 9.42. The molecule has 0 bridgehead atoms. The maximum Gasteiger partial charge on any atom is 0.122 e. The standard InChI is InChI=1S/C13H18O2/c1-3-15-13-7-11(8-14)12(6-9(13)2)10-4-5-10/h6-7,10,14H,3-5,8H2,1-2H3. The van der Waals surface area contributed by atoms with E-state index in [1.54, 1.807) is 0 Å². The molecule has 1 N–H and O–H groups in total. The van der Waals surface area contributed by atoms with E-state index < -0.39 is 0 Å². The minimum absolute atomic E-state index is 0.117. The van der Waals surface area contributed by atoms with Gasteiger partial charge in [0, 0.05) is 0 Å². The second-order valence-electron chi connectivity index (χ2n) is 4.18. The molecule has 2 nitrogen and oxygen atoms in total. The fourth-order valence-corrected chi connectivity index (χ4v) is 1.97. The summed E-state index contributed by atoms with van der Waals surface area (Å²) in [6, 6.07) is 4.17. The van der Waals surface area contributed by atoms with Crippen molar-refractivity contribution < 1.29 is 9.84 Å². The van der Waals surface area contributed by atoms with Gasteiger partial charge in [-0.1, -0.05) is 6.07 Å². The highest BCUT2D eigenvalue weighted by Gasteiger charge is 2.26. The number of aliphatic hydroxyl groups is 1. The van der Waals surface area contributed by atoms with Crippen molar-refractivity contribution in [1.29, 1.82) is 0 Å². The van der Waals surface area contributed by atoms with E-state index in [1.807, 2.05) is 13.0 Å². The number of ether oxygens (including phenoxy) is 1. The lowest BCUT2D eigenvalue weighted by Gasteiger charge is -2.13. The molecule has 1 fully saturated rings. The summed E-state index contributed by atoms with van der Waals surface area (Å²) in [5.74, 6) is 1.59. The fourth-order valence-electron chi connectivity index (χ4n) is 1.97. The van der Waals surface area contributed by atoms with Crippen LogP contribution in [0.3, 0.4) is 0 Å². The van der Waals surface area contributed by atoms with Crippen LogP contribution in [0.4, 0.5) is 0 Å². The van der Waals surface area contributed by atoms with E-state index in [1.165, 1.54) is 24.0 Å². The molecule has 0 saturated heterocycles. The summed E-state index contributed by atoms with van der Waals surface area (Å²) in [6.45, 7) is 4.84. The molecular weight excluding hydrogens is 188 g/mol. The van der Waals surface area contributed by atoms with Crippen LogP contribution in [-0.2, 0) is 6.61 Å². The second-order valence-corrected chi connectivity index (χ2v) is 4.18. The van der Waals surface area contributed by atoms with E-state index in [4.69, 9.17) is 4.74 Å². The monoisotopic (exact) mass is 206 g/mol. The van der Waals surface area contributed by atoms with E-state index in [0.717, 1.165) is 11.3 Å². The summed E-state index contributed by atoms with van der Waals surface area (Å²) in [4.78, 5) is 0. The van der Waals surface area contributed by atoms with E-state index in [9.17, 15) is 5.11 Å². The van der Waals surface area contributed by atoms with Gasteiger partial charge in [0.1, 0.15) is 5.75 Å². The number of aryl methyl sites for hydroxylation is 1. The van der Waals surface area contributed by atoms with Crippen molar-refractivity contribution in [2.45, 2.75) is 39.2 Å². The minimum Gasteiger partial charge on any atom is -0.494 e. The van der Waals surface area contributed by atoms with Gasteiger partial charge in [-0.05, 0) is 55.4 Å². The number of aliphatic hydroxyl groups excluding tert-OH is 1. The molecule has 0 atom stereocenters. The maximum absolute atomic E-state index is 9.32. The van der Waals surface area contributed by atoms with Gasteiger partial charge in [-0.15, -0.1) is 0 Å². The normalized spacial score (nSPS) is 15.4. The Labute approximate surface area is 90.9 Å². The Morgan fingerprint density at radius 2 is 2.13 bits per heavy atom. The van der Waals surface area contributed by atoms with Crippen molar-refractivity contribution in [2.75, 3.05) is 6.61 Å². The topological polar surface area (TPSA) is 29.5 Å². The number of benzene rings is 1. The maximum atomic E-state index is 9.32. The molecule has 1 aliphatic rings. The summed E-state index contributed by atoms with van der Waals surface area (Å²) < 4.78 is 5.52. The molecule has 0 unspecified atom stereocenters. The first-order chi connectivity index (χ1) is 7.26. The molecule has 82 valence electrons. The third kappa shape index (κ3) is 2.15. The zero-order valence-electron chi connectivity index (χ0n) is 9.42. The van der Waals surface area contributed by atoms with Gasteiger partial charge in [-0.25, -0.2) is 0 Å². The second kappa shape index (κ2) is 4.23. The Bertz CT molecular complexity index is 354. The van der Waals surface area contributed by atoms with E-state index in [0.29, 0.717) is 12.5 Å². The first-order valence-corrected chi connectivity index (χ1v) is 5.63. The Kier molecular flexibility index (Phi) is 2.96. The highest BCUT2D eigenvalue weighted by molar-refractivity contribution is 5.44. The van der Waals surface area contributed by atoms with Gasteiger partial charge in [0.25, 0.3) is 0 Å². The molecule has 1 saturated carbocycles. The van der Waals surface area contributed by atoms with Gasteiger partial charge >= 0.3 is 0 Å². The van der Waals surface area contributed by atoms with Gasteiger partial charge in [-0.3, -0.25) is 0 Å². The van der Waals surface area contributed by atoms with Crippen molar-refractivity contribution in [1.82, 2.24) is 0 Å². The van der Waals surface area contributed by atoms with E-state index >= 15 is 0 Å². The van der Waals surface area contributed by atoms with Crippen LogP contribution in [0.2, 0.25) is 0 Å². The summed E-state index contributed by atoms with van der Waals surface area (Å²) in [7, 11) is 0. The van der Waals surface area contributed by atoms with Crippen LogP contribution in [-0.4, -0.2) is 11.7 Å². The first-order valence-electron chi connectivity index (χ1n) is 5.63. The summed E-state index contributed by atoms with van der Waals surface area (Å²) in [5, 5.41) is 9.32. The molecule has 1 aromatic rings. The molecule has 0 aromatic heterocycles. The molecule has 0 amide bonds. The lowest BCUT2D eigenvalue weighted by Crippen LogP contribution is -1.99. The lowest BCUT2D eigenvalue weighted by molar-refractivity contribution is 0.278. The molecule has 1 aliphatic carbocycles. The fraction of sp³-hybridized carbons (Fsp3) is 0.538. The number of rotatable bonds is 4. The first kappa shape index (κ1) is 10.5. The smallest absolute Gasteiger partial charge is 0.122 e. The predicted molar refractivity (Wildman–Crippen MR) is 60.2 cm³/mol. The van der Waals surface area contributed by atoms with Crippen LogP contribution in [0.1, 0.15) is 42.4 Å². The largest absolute Gasteiger partial charge is 0.494 e. The van der Waals surface area contributed by atoms with E-state index in [-0.39, 0.29) is 6.61 Å². The number of hydrogen-bond donors (Lipinski definition) is 1. The van der Waals surface area contributed by atoms with Gasteiger partial charge in [0.15, 0.2) is 0 Å². The Hall–Kier alpha value is -1.02. The van der Waals surface area contributed by atoms with Crippen LogP contribution < -0.4 is 4.74 Å². The van der Waals surface area contributed by atoms with Crippen LogP contribution in [0.15, 0.2) is 12.1 Å². The average Bonchev–Trinajstić information content (AvgIpc) is 3.04. The summed E-state index contributed by atoms with van der Waals surface area (Å²) >= 11 is 0. The molecular formula is C13H18O2. The quantitative estimate of drug-likeness (QED) is 0.820. The number of hydrogen-bond acceptors (Lipinski definition) is 2. The third-order valence-corrected chi connectivity index (χ3v) is 2.92. The molecule has 0 radical (unpaired) electrons. The highest BCUT2D eigenvalue weighted by atomic mass is 16.5. The van der Waals surface area contributed by atoms with Gasteiger partial charge in [-0.2, -0.15) is 0 Å². The molecule has 0 spiro atoms. The zero-order chi connectivity index (χ0) is 10.8. The molecule has 0 aliphatic heterocycles. The Morgan fingerprint density at radius 1 is 1.40 bits per heavy atom. The Balaban J connectivity index is 2.36. The highest BCUT2D eigenvalue weighted by Crippen LogP contribution is 2.43. The van der Waals surface area contributed by atoms with Crippen molar-refractivity contribution >= 4 is 0 Å². The van der Waals surface area contributed by atoms with Crippen LogP contribution in [0.5, 0.6) is 5.75 Å². The summed E-state index contributed by atoms with van der Waals surface area (Å²) in [6.07, 6.45) is 2.53. The minimum atomic E-state index is 0.117. The van der Waals surface area contributed by atoms with Crippen molar-refractivity contribution in [3.63, 3.8) is 0 Å². The van der Waals surface area contributed by atoms with Gasteiger partial charge in [0.2, 0.25) is 0 Å². The van der Waals surface area contributed by atoms with Gasteiger partial charge in [0.05, 0.1) is 13.2 Å². The van der Waals surface area contributed by atoms with Gasteiger partial charge < -0.3 is 9.84 Å². The molecule has 1 aromatic carbocycles. The average molecular weight is 206 g/mol. The molecule has 15 heavy (non-hydrogen) atoms. The predicted octanol–water partition coefficient (Wildman–Crippen LogP) is 2.76. The van der Waals surface area contributed by atoms with E-state index in [2.05, 4.69) is 13.0 Å². The SMILES string of the molecule is CCOc1cc(CO)c(C2CC2)cc1C. The van der Waals surface area contributed by atoms with Crippen LogP contribution in [0, 0.1) is 6.92 Å². The summed E-state index contributed by atoms with van der Waals surface area (Å²) in [5.41, 5.74) is 3.53. The molecule has 0 heterocycles. The molecule has 2 rings (SSSR count). The van der Waals surface area contributed by atoms with Crippen molar-refractivity contribution in [2.24, 2.45) is 0 Å². The molecule has 2 heteroatoms. The van der Waals surface area contributed by atoms with Crippen LogP contribution >= 0.6 is 0 Å². The van der Waals surface area contributed by atoms with Crippen LogP contribution in [0.25, 0.3) is 0 Å².